The Bertz CT molecular complexity index is 443. The molecule has 0 aromatic heterocycles. The Balaban J connectivity index is 2.08. The van der Waals surface area contributed by atoms with E-state index in [1.807, 2.05) is 25.1 Å². The van der Waals surface area contributed by atoms with Gasteiger partial charge in [0, 0.05) is 22.7 Å². The zero-order valence-electron chi connectivity index (χ0n) is 10.4. The lowest BCUT2D eigenvalue weighted by atomic mass is 10.1. The summed E-state index contributed by atoms with van der Waals surface area (Å²) in [5.74, 6) is 0.507. The first-order valence-corrected chi connectivity index (χ1v) is 7.09. The quantitative estimate of drug-likeness (QED) is 0.878. The van der Waals surface area contributed by atoms with Crippen LogP contribution < -0.4 is 5.32 Å². The molecular weight excluding hydrogens is 294 g/mol. The van der Waals surface area contributed by atoms with Crippen molar-refractivity contribution in [3.63, 3.8) is 0 Å². The summed E-state index contributed by atoms with van der Waals surface area (Å²) in [5.41, 5.74) is 1.65. The second-order valence-electron chi connectivity index (χ2n) is 4.84. The highest BCUT2D eigenvalue weighted by Gasteiger charge is 2.32. The third-order valence-electron chi connectivity index (χ3n) is 3.46. The zero-order valence-corrected chi connectivity index (χ0v) is 12.0. The molecule has 0 aliphatic heterocycles. The fourth-order valence-corrected chi connectivity index (χ4v) is 2.53. The highest BCUT2D eigenvalue weighted by atomic mass is 79.9. The summed E-state index contributed by atoms with van der Waals surface area (Å²) < 4.78 is 0.945. The van der Waals surface area contributed by atoms with Crippen molar-refractivity contribution in [2.45, 2.75) is 32.2 Å². The van der Waals surface area contributed by atoms with E-state index in [9.17, 15) is 4.79 Å². The Morgan fingerprint density at radius 2 is 2.28 bits per heavy atom. The summed E-state index contributed by atoms with van der Waals surface area (Å²) in [7, 11) is 0. The molecule has 1 fully saturated rings. The molecule has 1 unspecified atom stereocenters. The molecule has 2 rings (SSSR count). The highest BCUT2D eigenvalue weighted by molar-refractivity contribution is 9.10. The number of benzene rings is 1. The van der Waals surface area contributed by atoms with Crippen molar-refractivity contribution in [1.82, 2.24) is 5.32 Å². The first-order chi connectivity index (χ1) is 8.63. The molecule has 18 heavy (non-hydrogen) atoms. The Kier molecular flexibility index (Phi) is 4.40. The van der Waals surface area contributed by atoms with E-state index < -0.39 is 0 Å². The first-order valence-electron chi connectivity index (χ1n) is 6.30. The van der Waals surface area contributed by atoms with Gasteiger partial charge in [0.1, 0.15) is 0 Å². The summed E-state index contributed by atoms with van der Waals surface area (Å²) in [5, 5.41) is 12.1. The molecule has 0 bridgehead atoms. The number of carbonyl (C=O) groups is 1. The van der Waals surface area contributed by atoms with Gasteiger partial charge in [0.05, 0.1) is 0 Å². The van der Waals surface area contributed by atoms with Gasteiger partial charge in [-0.2, -0.15) is 0 Å². The number of carbonyl (C=O) groups excluding carboxylic acids is 1. The zero-order chi connectivity index (χ0) is 13.1. The van der Waals surface area contributed by atoms with Gasteiger partial charge < -0.3 is 10.4 Å². The summed E-state index contributed by atoms with van der Waals surface area (Å²) in [6.45, 7) is 2.05. The fraction of sp³-hybridized carbons (Fsp3) is 0.500. The molecule has 98 valence electrons. The van der Waals surface area contributed by atoms with Gasteiger partial charge in [0.15, 0.2) is 0 Å². The average molecular weight is 312 g/mol. The van der Waals surface area contributed by atoms with Gasteiger partial charge >= 0.3 is 0 Å². The Morgan fingerprint density at radius 3 is 2.89 bits per heavy atom. The van der Waals surface area contributed by atoms with E-state index in [4.69, 9.17) is 5.11 Å². The van der Waals surface area contributed by atoms with Crippen molar-refractivity contribution in [2.75, 3.05) is 6.61 Å². The lowest BCUT2D eigenvalue weighted by molar-refractivity contribution is 0.0923. The van der Waals surface area contributed by atoms with Crippen LogP contribution in [0.25, 0.3) is 0 Å². The number of hydrogen-bond acceptors (Lipinski definition) is 2. The Morgan fingerprint density at radius 1 is 1.56 bits per heavy atom. The van der Waals surface area contributed by atoms with Crippen molar-refractivity contribution in [3.05, 3.63) is 33.8 Å². The largest absolute Gasteiger partial charge is 0.396 e. The predicted octanol–water partition coefficient (Wildman–Crippen LogP) is 2.65. The average Bonchev–Trinajstić information content (AvgIpc) is 3.16. The SMILES string of the molecule is Cc1c(Br)cccc1C(=O)NC(CCO)C1CC1. The Hall–Kier alpha value is -0.870. The molecule has 1 aliphatic rings. The normalized spacial score (nSPS) is 16.4. The number of aliphatic hydroxyl groups excluding tert-OH is 1. The molecule has 1 atom stereocenters. The fourth-order valence-electron chi connectivity index (χ4n) is 2.16. The van der Waals surface area contributed by atoms with Crippen molar-refractivity contribution >= 4 is 21.8 Å². The standard InChI is InChI=1S/C14H18BrNO2/c1-9-11(3-2-4-12(9)15)14(18)16-13(7-8-17)10-5-6-10/h2-4,10,13,17H,5-8H2,1H3,(H,16,18). The van der Waals surface area contributed by atoms with Gasteiger partial charge in [0.2, 0.25) is 0 Å². The molecule has 0 radical (unpaired) electrons. The third-order valence-corrected chi connectivity index (χ3v) is 4.32. The van der Waals surface area contributed by atoms with Crippen LogP contribution in [0.1, 0.15) is 35.2 Å². The molecular formula is C14H18BrNO2. The summed E-state index contributed by atoms with van der Waals surface area (Å²) in [6, 6.07) is 5.74. The number of hydrogen-bond donors (Lipinski definition) is 2. The molecule has 1 aromatic rings. The second-order valence-corrected chi connectivity index (χ2v) is 5.70. The smallest absolute Gasteiger partial charge is 0.251 e. The van der Waals surface area contributed by atoms with Crippen molar-refractivity contribution in [2.24, 2.45) is 5.92 Å². The lowest BCUT2D eigenvalue weighted by Crippen LogP contribution is -2.37. The first kappa shape index (κ1) is 13.6. The van der Waals surface area contributed by atoms with Crippen LogP contribution in [-0.4, -0.2) is 23.7 Å². The van der Waals surface area contributed by atoms with Crippen LogP contribution in [0.4, 0.5) is 0 Å². The summed E-state index contributed by atoms with van der Waals surface area (Å²) in [4.78, 5) is 12.2. The molecule has 1 aromatic carbocycles. The van der Waals surface area contributed by atoms with Crippen LogP contribution in [0.5, 0.6) is 0 Å². The highest BCUT2D eigenvalue weighted by Crippen LogP contribution is 2.34. The maximum Gasteiger partial charge on any atom is 0.251 e. The maximum absolute atomic E-state index is 12.2. The van der Waals surface area contributed by atoms with Crippen LogP contribution in [0, 0.1) is 12.8 Å². The van der Waals surface area contributed by atoms with Crippen LogP contribution >= 0.6 is 15.9 Å². The van der Waals surface area contributed by atoms with Crippen molar-refractivity contribution < 1.29 is 9.90 Å². The predicted molar refractivity (Wildman–Crippen MR) is 74.6 cm³/mol. The summed E-state index contributed by atoms with van der Waals surface area (Å²) >= 11 is 3.43. The summed E-state index contributed by atoms with van der Waals surface area (Å²) in [6.07, 6.45) is 2.95. The minimum absolute atomic E-state index is 0.0425. The topological polar surface area (TPSA) is 49.3 Å². The minimum Gasteiger partial charge on any atom is -0.396 e. The van der Waals surface area contributed by atoms with Crippen LogP contribution in [0.2, 0.25) is 0 Å². The second kappa shape index (κ2) is 5.85. The van der Waals surface area contributed by atoms with Crippen LogP contribution in [-0.2, 0) is 0 Å². The monoisotopic (exact) mass is 311 g/mol. The molecule has 0 spiro atoms. The molecule has 1 aliphatic carbocycles. The molecule has 1 saturated carbocycles. The van der Waals surface area contributed by atoms with Gasteiger partial charge in [-0.25, -0.2) is 0 Å². The number of nitrogens with one attached hydrogen (secondary N) is 1. The van der Waals surface area contributed by atoms with E-state index in [2.05, 4.69) is 21.2 Å². The number of rotatable bonds is 5. The third kappa shape index (κ3) is 3.12. The van der Waals surface area contributed by atoms with E-state index in [-0.39, 0.29) is 18.6 Å². The molecule has 1 amide bonds. The van der Waals surface area contributed by atoms with Gasteiger partial charge in [-0.15, -0.1) is 0 Å². The van der Waals surface area contributed by atoms with E-state index in [0.717, 1.165) is 22.9 Å². The maximum atomic E-state index is 12.2. The van der Waals surface area contributed by atoms with Gasteiger partial charge in [-0.05, 0) is 49.8 Å². The van der Waals surface area contributed by atoms with Crippen molar-refractivity contribution in [3.8, 4) is 0 Å². The van der Waals surface area contributed by atoms with Crippen LogP contribution in [0.15, 0.2) is 22.7 Å². The van der Waals surface area contributed by atoms with E-state index in [1.54, 1.807) is 0 Å². The molecule has 2 N–H and O–H groups in total. The molecule has 0 heterocycles. The van der Waals surface area contributed by atoms with Gasteiger partial charge in [0.25, 0.3) is 5.91 Å². The minimum atomic E-state index is -0.0425. The molecule has 0 saturated heterocycles. The lowest BCUT2D eigenvalue weighted by Gasteiger charge is -2.18. The van der Waals surface area contributed by atoms with Crippen LogP contribution in [0.3, 0.4) is 0 Å². The van der Waals surface area contributed by atoms with E-state index in [0.29, 0.717) is 17.9 Å². The molecule has 3 nitrogen and oxygen atoms in total. The molecule has 4 heteroatoms. The number of halogens is 1. The van der Waals surface area contributed by atoms with Crippen molar-refractivity contribution in [1.29, 1.82) is 0 Å². The van der Waals surface area contributed by atoms with Gasteiger partial charge in [-0.1, -0.05) is 22.0 Å². The van der Waals surface area contributed by atoms with E-state index >= 15 is 0 Å². The number of amides is 1. The Labute approximate surface area is 116 Å². The van der Waals surface area contributed by atoms with Gasteiger partial charge in [-0.3, -0.25) is 4.79 Å². The number of aliphatic hydroxyl groups is 1. The van der Waals surface area contributed by atoms with E-state index in [1.165, 1.54) is 0 Å².